The van der Waals surface area contributed by atoms with Gasteiger partial charge in [0.2, 0.25) is 0 Å². The van der Waals surface area contributed by atoms with Crippen LogP contribution in [0.1, 0.15) is 11.1 Å². The first kappa shape index (κ1) is 31.5. The maximum Gasteiger partial charge on any atom is 0.119 e. The molecule has 2 aromatic heterocycles. The van der Waals surface area contributed by atoms with E-state index in [1.54, 1.807) is 14.2 Å². The molecule has 0 unspecified atom stereocenters. The van der Waals surface area contributed by atoms with Crippen molar-refractivity contribution in [3.63, 3.8) is 0 Å². The first-order chi connectivity index (χ1) is 26.1. The van der Waals surface area contributed by atoms with Gasteiger partial charge in [0.15, 0.2) is 0 Å². The van der Waals surface area contributed by atoms with E-state index in [-0.39, 0.29) is 0 Å². The fourth-order valence-corrected chi connectivity index (χ4v) is 7.50. The van der Waals surface area contributed by atoms with E-state index in [2.05, 4.69) is 117 Å². The van der Waals surface area contributed by atoms with Crippen molar-refractivity contribution in [1.29, 1.82) is 10.5 Å². The molecule has 252 valence electrons. The van der Waals surface area contributed by atoms with Crippen molar-refractivity contribution in [1.82, 2.24) is 9.13 Å². The van der Waals surface area contributed by atoms with Crippen molar-refractivity contribution in [2.75, 3.05) is 19.1 Å². The molecule has 9 aromatic rings. The van der Waals surface area contributed by atoms with Gasteiger partial charge in [-0.2, -0.15) is 10.5 Å². The fourth-order valence-electron chi connectivity index (χ4n) is 7.50. The van der Waals surface area contributed by atoms with Gasteiger partial charge in [0, 0.05) is 32.9 Å². The molecule has 0 aliphatic rings. The number of nitriles is 2. The summed E-state index contributed by atoms with van der Waals surface area (Å²) in [6.45, 7) is 0. The Balaban J connectivity index is 1.40. The number of ether oxygens (including phenoxy) is 2. The van der Waals surface area contributed by atoms with Gasteiger partial charge in [-0.15, -0.1) is 0 Å². The van der Waals surface area contributed by atoms with E-state index in [0.29, 0.717) is 11.1 Å². The Morgan fingerprint density at radius 1 is 0.434 bits per heavy atom. The lowest BCUT2D eigenvalue weighted by molar-refractivity contribution is 0.415. The second-order valence-corrected chi connectivity index (χ2v) is 12.8. The Kier molecular flexibility index (Phi) is 7.54. The quantitative estimate of drug-likeness (QED) is 0.167. The summed E-state index contributed by atoms with van der Waals surface area (Å²) in [5.74, 6) is 1.54. The van der Waals surface area contributed by atoms with E-state index in [4.69, 9.17) is 9.47 Å². The van der Waals surface area contributed by atoms with Gasteiger partial charge < -0.3 is 23.5 Å². The van der Waals surface area contributed by atoms with Crippen molar-refractivity contribution < 1.29 is 9.47 Å². The second-order valence-electron chi connectivity index (χ2n) is 12.8. The van der Waals surface area contributed by atoms with E-state index in [9.17, 15) is 10.5 Å². The summed E-state index contributed by atoms with van der Waals surface area (Å²) in [5, 5.41) is 23.7. The van der Waals surface area contributed by atoms with Crippen LogP contribution in [0.5, 0.6) is 11.5 Å². The zero-order valence-electron chi connectivity index (χ0n) is 29.0. The molecule has 0 aliphatic heterocycles. The zero-order chi connectivity index (χ0) is 36.1. The summed E-state index contributed by atoms with van der Waals surface area (Å²) in [6, 6.07) is 55.7. The Bertz CT molecular complexity index is 2770. The average Bonchev–Trinajstić information content (AvgIpc) is 3.73. The van der Waals surface area contributed by atoms with Crippen molar-refractivity contribution in [3.05, 3.63) is 163 Å². The van der Waals surface area contributed by atoms with Gasteiger partial charge in [-0.3, -0.25) is 0 Å². The number of benzene rings is 7. The maximum absolute atomic E-state index is 9.64. The van der Waals surface area contributed by atoms with Crippen LogP contribution >= 0.6 is 0 Å². The normalized spacial score (nSPS) is 11.2. The molecule has 0 amide bonds. The largest absolute Gasteiger partial charge is 0.497 e. The molecule has 53 heavy (non-hydrogen) atoms. The number of hydrogen-bond donors (Lipinski definition) is 0. The highest BCUT2D eigenvalue weighted by Crippen LogP contribution is 2.42. The Morgan fingerprint density at radius 3 is 1.26 bits per heavy atom. The molecule has 0 bridgehead atoms. The van der Waals surface area contributed by atoms with Crippen LogP contribution < -0.4 is 14.4 Å². The number of rotatable bonds is 7. The predicted octanol–water partition coefficient (Wildman–Crippen LogP) is 11.1. The molecule has 9 rings (SSSR count). The van der Waals surface area contributed by atoms with Gasteiger partial charge in [0.05, 0.1) is 76.6 Å². The number of methoxy groups -OCH3 is 2. The van der Waals surface area contributed by atoms with Crippen LogP contribution in [0.4, 0.5) is 17.1 Å². The smallest absolute Gasteiger partial charge is 0.119 e. The topological polar surface area (TPSA) is 79.1 Å². The highest BCUT2D eigenvalue weighted by molar-refractivity contribution is 6.11. The zero-order valence-corrected chi connectivity index (χ0v) is 29.0. The molecule has 0 saturated carbocycles. The molecule has 0 fully saturated rings. The molecular weight excluding hydrogens is 655 g/mol. The van der Waals surface area contributed by atoms with E-state index in [1.807, 2.05) is 60.7 Å². The first-order valence-electron chi connectivity index (χ1n) is 17.2. The minimum absolute atomic E-state index is 0.574. The predicted molar refractivity (Wildman–Crippen MR) is 212 cm³/mol. The highest BCUT2D eigenvalue weighted by atomic mass is 16.5. The molecule has 0 spiro atoms. The Morgan fingerprint density at radius 2 is 0.849 bits per heavy atom. The van der Waals surface area contributed by atoms with Crippen molar-refractivity contribution in [2.45, 2.75) is 0 Å². The van der Waals surface area contributed by atoms with Crippen LogP contribution in [0.25, 0.3) is 55.0 Å². The van der Waals surface area contributed by atoms with E-state index < -0.39 is 0 Å². The molecule has 7 aromatic carbocycles. The summed E-state index contributed by atoms with van der Waals surface area (Å²) in [5.41, 5.74) is 9.92. The molecular formula is C46H31N5O2. The van der Waals surface area contributed by atoms with Crippen LogP contribution in [0, 0.1) is 22.7 Å². The molecule has 0 saturated heterocycles. The summed E-state index contributed by atoms with van der Waals surface area (Å²) in [4.78, 5) is 2.17. The molecule has 0 atom stereocenters. The highest BCUT2D eigenvalue weighted by Gasteiger charge is 2.21. The fraction of sp³-hybridized carbons (Fsp3) is 0.0435. The van der Waals surface area contributed by atoms with Crippen molar-refractivity contribution in [3.8, 4) is 35.0 Å². The molecule has 7 nitrogen and oxygen atoms in total. The Hall–Kier alpha value is -7.48. The standard InChI is InChI=1S/C46H31N5O2/c1-52-37-19-21-45-41(26-37)42-27-38(53-2)20-22-46(42)51(45)36-24-34(49(32-15-11-30(28-47)12-16-32)33-17-13-31(29-48)14-18-33)23-35(25-36)50-43-9-5-3-7-39(43)40-8-4-6-10-44(40)50/h3-27H,1-2H3. The van der Waals surface area contributed by atoms with Crippen LogP contribution in [0.2, 0.25) is 0 Å². The van der Waals surface area contributed by atoms with Gasteiger partial charge in [-0.1, -0.05) is 36.4 Å². The van der Waals surface area contributed by atoms with Gasteiger partial charge in [-0.05, 0) is 115 Å². The van der Waals surface area contributed by atoms with E-state index in [0.717, 1.165) is 72.8 Å². The minimum Gasteiger partial charge on any atom is -0.497 e. The van der Waals surface area contributed by atoms with Crippen LogP contribution in [-0.4, -0.2) is 23.4 Å². The van der Waals surface area contributed by atoms with Crippen molar-refractivity contribution in [2.24, 2.45) is 0 Å². The lowest BCUT2D eigenvalue weighted by Crippen LogP contribution is -2.12. The molecule has 0 aliphatic carbocycles. The van der Waals surface area contributed by atoms with Gasteiger partial charge in [-0.25, -0.2) is 0 Å². The summed E-state index contributed by atoms with van der Waals surface area (Å²) in [7, 11) is 3.37. The first-order valence-corrected chi connectivity index (χ1v) is 17.2. The summed E-state index contributed by atoms with van der Waals surface area (Å²) in [6.07, 6.45) is 0. The third kappa shape index (κ3) is 5.19. The number of hydrogen-bond acceptors (Lipinski definition) is 5. The maximum atomic E-state index is 9.64. The van der Waals surface area contributed by atoms with E-state index >= 15 is 0 Å². The summed E-state index contributed by atoms with van der Waals surface area (Å²) >= 11 is 0. The molecule has 7 heteroatoms. The van der Waals surface area contributed by atoms with Gasteiger partial charge in [0.25, 0.3) is 0 Å². The average molecular weight is 686 g/mol. The third-order valence-electron chi connectivity index (χ3n) is 9.93. The second kappa shape index (κ2) is 12.7. The lowest BCUT2D eigenvalue weighted by Gasteiger charge is -2.27. The SMILES string of the molecule is COc1ccc2c(c1)c1cc(OC)ccc1n2-c1cc(N(c2ccc(C#N)cc2)c2ccc(C#N)cc2)cc(-n2c3ccccc3c3ccccc32)c1. The molecule has 0 N–H and O–H groups in total. The van der Waals surface area contributed by atoms with Crippen LogP contribution in [0.15, 0.2) is 152 Å². The van der Waals surface area contributed by atoms with E-state index in [1.165, 1.54) is 10.8 Å². The Labute approximate surface area is 305 Å². The number of fused-ring (bicyclic) bond motifs is 6. The van der Waals surface area contributed by atoms with Gasteiger partial charge in [0.1, 0.15) is 11.5 Å². The number of para-hydroxylation sites is 2. The monoisotopic (exact) mass is 685 g/mol. The number of anilines is 3. The minimum atomic E-state index is 0.574. The lowest BCUT2D eigenvalue weighted by atomic mass is 10.1. The van der Waals surface area contributed by atoms with Crippen molar-refractivity contribution >= 4 is 60.7 Å². The number of aromatic nitrogens is 2. The van der Waals surface area contributed by atoms with Crippen LogP contribution in [-0.2, 0) is 0 Å². The third-order valence-corrected chi connectivity index (χ3v) is 9.93. The molecule has 0 radical (unpaired) electrons. The van der Waals surface area contributed by atoms with Gasteiger partial charge >= 0.3 is 0 Å². The molecule has 2 heterocycles. The number of nitrogens with zero attached hydrogens (tertiary/aromatic N) is 5. The summed E-state index contributed by atoms with van der Waals surface area (Å²) < 4.78 is 16.0. The van der Waals surface area contributed by atoms with Crippen LogP contribution in [0.3, 0.4) is 0 Å².